The second-order valence-corrected chi connectivity index (χ2v) is 5.25. The molecule has 1 aliphatic carbocycles. The average Bonchev–Trinajstić information content (AvgIpc) is 3.05. The quantitative estimate of drug-likeness (QED) is 0.645. The van der Waals surface area contributed by atoms with Crippen LogP contribution in [0.1, 0.15) is 18.5 Å². The van der Waals surface area contributed by atoms with E-state index in [9.17, 15) is 9.59 Å². The maximum Gasteiger partial charge on any atom is 0.324 e. The van der Waals surface area contributed by atoms with Crippen LogP contribution in [-0.4, -0.2) is 51.5 Å². The van der Waals surface area contributed by atoms with Crippen molar-refractivity contribution < 1.29 is 9.59 Å². The third kappa shape index (κ3) is 3.13. The number of urea groups is 1. The molecule has 0 spiro atoms. The normalized spacial score (nSPS) is 18.7. The molecule has 3 amide bonds. The Labute approximate surface area is 116 Å². The highest BCUT2D eigenvalue weighted by molar-refractivity contribution is 6.01. The van der Waals surface area contributed by atoms with Gasteiger partial charge in [0.15, 0.2) is 0 Å². The number of amides is 3. The van der Waals surface area contributed by atoms with E-state index in [2.05, 4.69) is 20.9 Å². The Morgan fingerprint density at radius 2 is 2.20 bits per heavy atom. The van der Waals surface area contributed by atoms with E-state index in [0.717, 1.165) is 18.2 Å². The highest BCUT2D eigenvalue weighted by atomic mass is 16.2. The molecular formula is C12H18N6O2. The van der Waals surface area contributed by atoms with Crippen LogP contribution in [0.25, 0.3) is 0 Å². The minimum Gasteiger partial charge on any atom is -0.329 e. The third-order valence-corrected chi connectivity index (χ3v) is 3.51. The summed E-state index contributed by atoms with van der Waals surface area (Å²) in [5, 5.41) is 13.9. The summed E-state index contributed by atoms with van der Waals surface area (Å²) in [6.07, 6.45) is 4.50. The van der Waals surface area contributed by atoms with E-state index < -0.39 is 0 Å². The summed E-state index contributed by atoms with van der Waals surface area (Å²) in [7, 11) is 0. The molecule has 8 heteroatoms. The smallest absolute Gasteiger partial charge is 0.324 e. The van der Waals surface area contributed by atoms with Crippen molar-refractivity contribution in [3.8, 4) is 0 Å². The number of nitrogens with zero attached hydrogens (tertiary/aromatic N) is 4. The lowest BCUT2D eigenvalue weighted by Crippen LogP contribution is -2.33. The van der Waals surface area contributed by atoms with Gasteiger partial charge in [0.1, 0.15) is 0 Å². The summed E-state index contributed by atoms with van der Waals surface area (Å²) in [5.41, 5.74) is 0.878. The predicted octanol–water partition coefficient (Wildman–Crippen LogP) is -0.670. The molecule has 0 atom stereocenters. The van der Waals surface area contributed by atoms with Crippen LogP contribution in [-0.2, 0) is 17.9 Å². The van der Waals surface area contributed by atoms with E-state index >= 15 is 0 Å². The molecule has 0 radical (unpaired) electrons. The molecule has 8 nitrogen and oxygen atoms in total. The maximum atomic E-state index is 11.4. The van der Waals surface area contributed by atoms with Gasteiger partial charge in [-0.2, -0.15) is 0 Å². The fraction of sp³-hybridized carbons (Fsp3) is 0.667. The fourth-order valence-corrected chi connectivity index (χ4v) is 2.14. The van der Waals surface area contributed by atoms with Gasteiger partial charge in [0.05, 0.1) is 25.3 Å². The number of imide groups is 1. The Morgan fingerprint density at radius 3 is 2.90 bits per heavy atom. The van der Waals surface area contributed by atoms with Crippen LogP contribution >= 0.6 is 0 Å². The largest absolute Gasteiger partial charge is 0.329 e. The van der Waals surface area contributed by atoms with E-state index in [4.69, 9.17) is 0 Å². The molecule has 2 N–H and O–H groups in total. The summed E-state index contributed by atoms with van der Waals surface area (Å²) in [6, 6.07) is -0.332. The number of hydrogen-bond acceptors (Lipinski definition) is 5. The second-order valence-electron chi connectivity index (χ2n) is 5.25. The minimum atomic E-state index is -0.332. The Bertz CT molecular complexity index is 494. The van der Waals surface area contributed by atoms with Crippen molar-refractivity contribution in [1.82, 2.24) is 30.5 Å². The van der Waals surface area contributed by atoms with E-state index in [1.165, 1.54) is 17.7 Å². The van der Waals surface area contributed by atoms with Gasteiger partial charge in [-0.25, -0.2) is 4.79 Å². The zero-order valence-electron chi connectivity index (χ0n) is 11.2. The molecule has 1 aromatic heterocycles. The number of carbonyl (C=O) groups excluding carboxylic acids is 2. The molecule has 0 aromatic carbocycles. The van der Waals surface area contributed by atoms with Gasteiger partial charge in [0.25, 0.3) is 0 Å². The van der Waals surface area contributed by atoms with Crippen LogP contribution in [0, 0.1) is 5.92 Å². The molecule has 20 heavy (non-hydrogen) atoms. The Hall–Kier alpha value is -1.96. The lowest BCUT2D eigenvalue weighted by molar-refractivity contribution is -0.125. The SMILES string of the molecule is O=C1CNC(=O)N1CCn1cc(CNCC2CC2)nn1. The van der Waals surface area contributed by atoms with E-state index in [-0.39, 0.29) is 18.5 Å². The van der Waals surface area contributed by atoms with Crippen molar-refractivity contribution in [3.63, 3.8) is 0 Å². The van der Waals surface area contributed by atoms with Crippen LogP contribution in [0.3, 0.4) is 0 Å². The summed E-state index contributed by atoms with van der Waals surface area (Å²) in [4.78, 5) is 24.0. The first-order valence-electron chi connectivity index (χ1n) is 6.90. The molecule has 1 aliphatic heterocycles. The van der Waals surface area contributed by atoms with E-state index in [1.807, 2.05) is 6.20 Å². The zero-order valence-corrected chi connectivity index (χ0v) is 11.2. The van der Waals surface area contributed by atoms with Gasteiger partial charge in [-0.1, -0.05) is 5.21 Å². The highest BCUT2D eigenvalue weighted by Crippen LogP contribution is 2.27. The standard InChI is InChI=1S/C12H18N6O2/c19-11-7-14-12(20)18(11)4-3-17-8-10(15-16-17)6-13-5-9-1-2-9/h8-9,13H,1-7H2,(H,14,20). The lowest BCUT2D eigenvalue weighted by Gasteiger charge is -2.11. The van der Waals surface area contributed by atoms with Crippen LogP contribution < -0.4 is 10.6 Å². The molecule has 2 heterocycles. The first-order valence-corrected chi connectivity index (χ1v) is 6.90. The molecule has 108 valence electrons. The van der Waals surface area contributed by atoms with Gasteiger partial charge in [0.2, 0.25) is 5.91 Å². The third-order valence-electron chi connectivity index (χ3n) is 3.51. The number of aromatic nitrogens is 3. The van der Waals surface area contributed by atoms with Crippen LogP contribution in [0.2, 0.25) is 0 Å². The number of hydrogen-bond donors (Lipinski definition) is 2. The first-order chi connectivity index (χ1) is 9.72. The Kier molecular flexibility index (Phi) is 3.64. The van der Waals surface area contributed by atoms with Gasteiger partial charge < -0.3 is 10.6 Å². The van der Waals surface area contributed by atoms with Crippen molar-refractivity contribution in [2.75, 3.05) is 19.6 Å². The molecule has 3 rings (SSSR count). The molecule has 1 saturated carbocycles. The number of carbonyl (C=O) groups is 2. The van der Waals surface area contributed by atoms with Crippen molar-refractivity contribution in [3.05, 3.63) is 11.9 Å². The van der Waals surface area contributed by atoms with Crippen molar-refractivity contribution in [1.29, 1.82) is 0 Å². The summed E-state index contributed by atoms with van der Waals surface area (Å²) < 4.78 is 1.66. The van der Waals surface area contributed by atoms with Gasteiger partial charge >= 0.3 is 6.03 Å². The molecule has 1 aromatic rings. The topological polar surface area (TPSA) is 92.2 Å². The summed E-state index contributed by atoms with van der Waals surface area (Å²) in [6.45, 7) is 2.62. The van der Waals surface area contributed by atoms with Gasteiger partial charge in [-0.3, -0.25) is 14.4 Å². The second kappa shape index (κ2) is 5.58. The van der Waals surface area contributed by atoms with Crippen molar-refractivity contribution in [2.45, 2.75) is 25.9 Å². The van der Waals surface area contributed by atoms with E-state index in [1.54, 1.807) is 4.68 Å². The lowest BCUT2D eigenvalue weighted by atomic mass is 10.4. The molecule has 1 saturated heterocycles. The highest BCUT2D eigenvalue weighted by Gasteiger charge is 2.27. The number of rotatable bonds is 7. The van der Waals surface area contributed by atoms with Crippen molar-refractivity contribution >= 4 is 11.9 Å². The molecular weight excluding hydrogens is 260 g/mol. The van der Waals surface area contributed by atoms with Crippen LogP contribution in [0.4, 0.5) is 4.79 Å². The van der Waals surface area contributed by atoms with Crippen LogP contribution in [0.5, 0.6) is 0 Å². The fourth-order valence-electron chi connectivity index (χ4n) is 2.14. The van der Waals surface area contributed by atoms with E-state index in [0.29, 0.717) is 19.6 Å². The van der Waals surface area contributed by atoms with Crippen molar-refractivity contribution in [2.24, 2.45) is 5.92 Å². The zero-order chi connectivity index (χ0) is 13.9. The predicted molar refractivity (Wildman–Crippen MR) is 69.6 cm³/mol. The van der Waals surface area contributed by atoms with Gasteiger partial charge in [-0.15, -0.1) is 5.10 Å². The summed E-state index contributed by atoms with van der Waals surface area (Å²) >= 11 is 0. The monoisotopic (exact) mass is 278 g/mol. The molecule has 0 bridgehead atoms. The first kappa shape index (κ1) is 13.0. The van der Waals surface area contributed by atoms with Gasteiger partial charge in [0, 0.05) is 12.7 Å². The minimum absolute atomic E-state index is 0.0898. The van der Waals surface area contributed by atoms with Gasteiger partial charge in [-0.05, 0) is 25.3 Å². The Balaban J connectivity index is 1.44. The summed E-state index contributed by atoms with van der Waals surface area (Å²) in [5.74, 6) is 0.645. The molecule has 2 aliphatic rings. The number of nitrogens with one attached hydrogen (secondary N) is 2. The average molecular weight is 278 g/mol. The van der Waals surface area contributed by atoms with Crippen LogP contribution in [0.15, 0.2) is 6.20 Å². The molecule has 0 unspecified atom stereocenters. The Morgan fingerprint density at radius 1 is 1.35 bits per heavy atom. The molecule has 2 fully saturated rings. The maximum absolute atomic E-state index is 11.4.